The number of ether oxygens (including phenoxy) is 1. The van der Waals surface area contributed by atoms with Crippen molar-refractivity contribution in [1.29, 1.82) is 0 Å². The minimum Gasteiger partial charge on any atom is -0.458 e. The summed E-state index contributed by atoms with van der Waals surface area (Å²) in [5, 5.41) is 7.14. The second-order valence-corrected chi connectivity index (χ2v) is 27.6. The van der Waals surface area contributed by atoms with Gasteiger partial charge in [-0.25, -0.2) is 4.98 Å². The Morgan fingerprint density at radius 3 is 1.52 bits per heavy atom. The van der Waals surface area contributed by atoms with Gasteiger partial charge in [0.15, 0.2) is 0 Å². The zero-order valence-electron chi connectivity index (χ0n) is 52.2. The van der Waals surface area contributed by atoms with Crippen molar-refractivity contribution in [2.75, 3.05) is 0 Å². The summed E-state index contributed by atoms with van der Waals surface area (Å²) >= 11 is 0. The van der Waals surface area contributed by atoms with Gasteiger partial charge in [-0.2, -0.15) is 0 Å². The van der Waals surface area contributed by atoms with Gasteiger partial charge in [0.2, 0.25) is 0 Å². The molecule has 1 aliphatic carbocycles. The number of pyridine rings is 1. The van der Waals surface area contributed by atoms with Crippen LogP contribution in [0.25, 0.3) is 138 Å². The van der Waals surface area contributed by atoms with Gasteiger partial charge in [0.1, 0.15) is 17.3 Å². The van der Waals surface area contributed by atoms with E-state index in [1.165, 1.54) is 54.9 Å². The predicted molar refractivity (Wildman–Crippen MR) is 375 cm³/mol. The van der Waals surface area contributed by atoms with Gasteiger partial charge >= 0.3 is 0 Å². The maximum atomic E-state index is 7.12. The summed E-state index contributed by atoms with van der Waals surface area (Å²) in [5.74, 6) is 2.31. The number of nitrogens with zero attached hydrogens (tertiary/aromatic N) is 6. The molecule has 7 nitrogen and oxygen atoms in total. The third kappa shape index (κ3) is 7.99. The second-order valence-electron chi connectivity index (χ2n) is 27.6. The van der Waals surface area contributed by atoms with E-state index in [1.54, 1.807) is 0 Å². The van der Waals surface area contributed by atoms with E-state index >= 15 is 0 Å². The first-order chi connectivity index (χ1) is 44.3. The lowest BCUT2D eigenvalue weighted by Gasteiger charge is -2.42. The van der Waals surface area contributed by atoms with Crippen molar-refractivity contribution in [3.05, 3.63) is 272 Å². The molecular formula is C84H66N6O. The Morgan fingerprint density at radius 1 is 0.407 bits per heavy atom. The molecule has 0 amide bonds. The zero-order chi connectivity index (χ0) is 61.2. The SMILES string of the molecule is CC(C)(C)c1ccnc(-n2c3ccccc3c3ccc(Oc4cccc(-n5[c-][n+]6c7c(cc(-n8c9ccccc9c9ccccc98)cc75)-c5ccccc5-c5cc7c(cc5-c5cccc(-n8c9ccccc9c9ccccc98)c5-6)C(C)(C)CCC7(C)C)c4)cc32)c1. The summed E-state index contributed by atoms with van der Waals surface area (Å²) in [5.41, 5.74) is 23.8. The Kier molecular flexibility index (Phi) is 11.3. The first kappa shape index (κ1) is 53.3. The van der Waals surface area contributed by atoms with Crippen molar-refractivity contribution >= 4 is 76.5 Å². The molecule has 18 rings (SSSR count). The van der Waals surface area contributed by atoms with Crippen molar-refractivity contribution < 1.29 is 9.30 Å². The summed E-state index contributed by atoms with van der Waals surface area (Å²) < 4.78 is 19.1. The number of fused-ring (bicyclic) bond motifs is 17. The molecule has 7 heteroatoms. The largest absolute Gasteiger partial charge is 0.458 e. The number of rotatable bonds is 6. The van der Waals surface area contributed by atoms with E-state index in [9.17, 15) is 0 Å². The average Bonchev–Trinajstić information content (AvgIpc) is 1.63. The van der Waals surface area contributed by atoms with Gasteiger partial charge in [0, 0.05) is 50.3 Å². The molecule has 0 spiro atoms. The highest BCUT2D eigenvalue weighted by molar-refractivity contribution is 6.13. The van der Waals surface area contributed by atoms with Crippen LogP contribution in [0.5, 0.6) is 11.5 Å². The third-order valence-corrected chi connectivity index (χ3v) is 20.2. The van der Waals surface area contributed by atoms with Crippen molar-refractivity contribution in [2.45, 2.75) is 77.6 Å². The fourth-order valence-corrected chi connectivity index (χ4v) is 15.6. The summed E-state index contributed by atoms with van der Waals surface area (Å²) in [6.07, 6.45) is 8.36. The number of benzene rings is 11. The molecule has 0 unspecified atom stereocenters. The molecule has 0 bridgehead atoms. The van der Waals surface area contributed by atoms with E-state index in [0.717, 1.165) is 119 Å². The Hall–Kier alpha value is -10.8. The normalized spacial score (nSPS) is 14.2. The lowest BCUT2D eigenvalue weighted by atomic mass is 9.62. The molecule has 91 heavy (non-hydrogen) atoms. The molecule has 0 saturated carbocycles. The van der Waals surface area contributed by atoms with E-state index in [-0.39, 0.29) is 16.2 Å². The molecule has 0 fully saturated rings. The van der Waals surface area contributed by atoms with Crippen LogP contribution < -0.4 is 9.30 Å². The van der Waals surface area contributed by atoms with Crippen molar-refractivity contribution in [3.63, 3.8) is 0 Å². The summed E-state index contributed by atoms with van der Waals surface area (Å²) in [7, 11) is 0. The van der Waals surface area contributed by atoms with Gasteiger partial charge in [0.25, 0.3) is 6.33 Å². The van der Waals surface area contributed by atoms with E-state index in [0.29, 0.717) is 5.75 Å². The molecule has 1 aliphatic heterocycles. The molecular weight excluding hydrogens is 1110 g/mol. The molecule has 0 atom stereocenters. The monoisotopic (exact) mass is 1170 g/mol. The zero-order valence-corrected chi connectivity index (χ0v) is 52.2. The second kappa shape index (κ2) is 19.4. The van der Waals surface area contributed by atoms with E-state index < -0.39 is 0 Å². The first-order valence-electron chi connectivity index (χ1n) is 32.0. The van der Waals surface area contributed by atoms with Crippen LogP contribution in [0.15, 0.2) is 249 Å². The number of hydrogen-bond donors (Lipinski definition) is 0. The van der Waals surface area contributed by atoms with Gasteiger partial charge in [-0.3, -0.25) is 13.7 Å². The van der Waals surface area contributed by atoms with E-state index in [4.69, 9.17) is 9.72 Å². The van der Waals surface area contributed by atoms with Crippen molar-refractivity contribution in [1.82, 2.24) is 23.3 Å². The number of hydrogen-bond acceptors (Lipinski definition) is 2. The smallest absolute Gasteiger partial charge is 0.269 e. The van der Waals surface area contributed by atoms with Gasteiger partial charge in [-0.15, -0.1) is 0 Å². The van der Waals surface area contributed by atoms with E-state index in [2.05, 4.69) is 320 Å². The molecule has 16 aromatic rings. The van der Waals surface area contributed by atoms with Gasteiger partial charge < -0.3 is 13.9 Å². The van der Waals surface area contributed by atoms with Crippen molar-refractivity contribution in [2.24, 2.45) is 0 Å². The highest BCUT2D eigenvalue weighted by Crippen LogP contribution is 2.53. The Balaban J connectivity index is 0.935. The minimum absolute atomic E-state index is 0.0314. The van der Waals surface area contributed by atoms with Gasteiger partial charge in [-0.1, -0.05) is 188 Å². The summed E-state index contributed by atoms with van der Waals surface area (Å²) in [6, 6.07) is 89.6. The van der Waals surface area contributed by atoms with Crippen LogP contribution in [0.2, 0.25) is 0 Å². The topological polar surface area (TPSA) is 45.7 Å². The Bertz CT molecular complexity index is 5650. The van der Waals surface area contributed by atoms with E-state index in [1.807, 2.05) is 6.20 Å². The minimum atomic E-state index is -0.0519. The maximum absolute atomic E-state index is 7.12. The quantitative estimate of drug-likeness (QED) is 0.123. The molecule has 0 N–H and O–H groups in total. The Morgan fingerprint density at radius 2 is 0.912 bits per heavy atom. The van der Waals surface area contributed by atoms with Crippen LogP contribution in [0.4, 0.5) is 0 Å². The molecule has 2 aliphatic rings. The molecule has 0 saturated heterocycles. The lowest BCUT2D eigenvalue weighted by molar-refractivity contribution is -0.571. The summed E-state index contributed by atoms with van der Waals surface area (Å²) in [6.45, 7) is 16.5. The van der Waals surface area contributed by atoms with Crippen LogP contribution in [0, 0.1) is 6.33 Å². The first-order valence-corrected chi connectivity index (χ1v) is 32.0. The van der Waals surface area contributed by atoms with Crippen LogP contribution in [-0.2, 0) is 16.2 Å². The molecule has 438 valence electrons. The molecule has 11 aromatic carbocycles. The fraction of sp³-hybridized carbons (Fsp3) is 0.143. The highest BCUT2D eigenvalue weighted by Gasteiger charge is 2.39. The van der Waals surface area contributed by atoms with Gasteiger partial charge in [0.05, 0.1) is 61.2 Å². The predicted octanol–water partition coefficient (Wildman–Crippen LogP) is 21.1. The number of imidazole rings is 1. The Labute approximate surface area is 528 Å². The van der Waals surface area contributed by atoms with Crippen molar-refractivity contribution in [3.8, 4) is 73.4 Å². The highest BCUT2D eigenvalue weighted by atomic mass is 16.5. The lowest BCUT2D eigenvalue weighted by Crippen LogP contribution is -2.34. The van der Waals surface area contributed by atoms with Crippen LogP contribution in [0.3, 0.4) is 0 Å². The average molecular weight is 1180 g/mol. The molecule has 5 aromatic heterocycles. The fourth-order valence-electron chi connectivity index (χ4n) is 15.6. The van der Waals surface area contributed by atoms with Gasteiger partial charge in [-0.05, 0) is 176 Å². The third-order valence-electron chi connectivity index (χ3n) is 20.2. The van der Waals surface area contributed by atoms with Crippen LogP contribution >= 0.6 is 0 Å². The van der Waals surface area contributed by atoms with Crippen LogP contribution in [-0.4, -0.2) is 23.3 Å². The number of aromatic nitrogens is 6. The molecule has 0 radical (unpaired) electrons. The maximum Gasteiger partial charge on any atom is 0.269 e. The number of para-hydroxylation sites is 6. The molecule has 6 heterocycles. The standard InChI is InChI=1S/C84H66N6O/c1-82(2,3)52-40-43-85-79(44-52)90-75-36-19-14-30-63(75)64-39-38-56(48-77(64)90)91-55-23-20-22-53(45-55)86-51-87-80-65(31-21-37-76(80)89-73-34-17-12-28-61(73)62-29-13-18-35-74(62)89)67-50-70-69(83(4,5)41-42-84(70,6)7)49-66(67)57-24-8-9-25-58(57)68-46-54(47-78(86)81(68)87)88-71-32-15-10-26-59(71)60-27-11-16-33-72(60)88/h8-40,43-50H,41-42H2,1-7H3. The summed E-state index contributed by atoms with van der Waals surface area (Å²) in [4.78, 5) is 4.99. The van der Waals surface area contributed by atoms with Crippen LogP contribution in [0.1, 0.15) is 78.0 Å².